The van der Waals surface area contributed by atoms with Crippen LogP contribution in [0, 0.1) is 0 Å². The minimum atomic E-state index is -0.739. The molecule has 0 heterocycles. The van der Waals surface area contributed by atoms with E-state index >= 15 is 0 Å². The van der Waals surface area contributed by atoms with Crippen molar-refractivity contribution in [3.63, 3.8) is 0 Å². The van der Waals surface area contributed by atoms with Crippen molar-refractivity contribution in [2.24, 2.45) is 0 Å². The van der Waals surface area contributed by atoms with Crippen LogP contribution in [0.5, 0.6) is 0 Å². The lowest BCUT2D eigenvalue weighted by Gasteiger charge is -2.03. The van der Waals surface area contributed by atoms with Crippen molar-refractivity contribution in [3.8, 4) is 0 Å². The Bertz CT molecular complexity index is 304. The molecule has 1 aromatic carbocycles. The lowest BCUT2D eigenvalue weighted by molar-refractivity contribution is -0.136. The maximum absolute atomic E-state index is 10.2. The zero-order valence-electron chi connectivity index (χ0n) is 9.89. The molecule has 0 atom stereocenters. The topological polar surface area (TPSA) is 49.3 Å². The number of rotatable bonds is 8. The summed E-state index contributed by atoms with van der Waals surface area (Å²) >= 11 is 0. The molecule has 0 radical (unpaired) electrons. The van der Waals surface area contributed by atoms with Crippen molar-refractivity contribution in [3.05, 3.63) is 35.9 Å². The molecule has 0 saturated carbocycles. The number of hydrogen-bond acceptors (Lipinski definition) is 2. The number of nitrogens with one attached hydrogen (secondary N) is 1. The van der Waals surface area contributed by atoms with Crippen LogP contribution in [0.3, 0.4) is 0 Å². The van der Waals surface area contributed by atoms with Crippen LogP contribution in [0.2, 0.25) is 0 Å². The number of aryl methyl sites for hydroxylation is 1. The lowest BCUT2D eigenvalue weighted by atomic mass is 10.1. The Kier molecular flexibility index (Phi) is 9.49. The molecule has 0 amide bonds. The monoisotopic (exact) mass is 257 g/mol. The van der Waals surface area contributed by atoms with Crippen LogP contribution in [-0.4, -0.2) is 24.2 Å². The molecule has 0 aliphatic carbocycles. The third-order valence-electron chi connectivity index (χ3n) is 2.43. The Hall–Kier alpha value is -1.06. The number of carboxylic acid groups (broad SMARTS) is 1. The van der Waals surface area contributed by atoms with Gasteiger partial charge in [0.1, 0.15) is 0 Å². The van der Waals surface area contributed by atoms with E-state index in [0.717, 1.165) is 25.8 Å². The maximum Gasteiger partial charge on any atom is 0.304 e. The van der Waals surface area contributed by atoms with E-state index in [1.54, 1.807) is 0 Å². The Labute approximate surface area is 109 Å². The zero-order valence-corrected chi connectivity index (χ0v) is 10.7. The largest absolute Gasteiger partial charge is 0.481 e. The number of aliphatic carboxylic acids is 1. The van der Waals surface area contributed by atoms with Crippen LogP contribution in [0.25, 0.3) is 0 Å². The van der Waals surface area contributed by atoms with Gasteiger partial charge < -0.3 is 10.4 Å². The molecule has 96 valence electrons. The second-order valence-corrected chi connectivity index (χ2v) is 3.84. The summed E-state index contributed by atoms with van der Waals surface area (Å²) in [4.78, 5) is 10.2. The fourth-order valence-electron chi connectivity index (χ4n) is 1.54. The van der Waals surface area contributed by atoms with Crippen LogP contribution < -0.4 is 5.32 Å². The van der Waals surface area contributed by atoms with Crippen molar-refractivity contribution in [2.45, 2.75) is 25.7 Å². The highest BCUT2D eigenvalue weighted by Crippen LogP contribution is 2.03. The minimum Gasteiger partial charge on any atom is -0.481 e. The van der Waals surface area contributed by atoms with Gasteiger partial charge >= 0.3 is 5.97 Å². The van der Waals surface area contributed by atoms with E-state index in [0.29, 0.717) is 6.54 Å². The number of unbranched alkanes of at least 4 members (excludes halogenated alkanes) is 1. The molecule has 0 aliphatic rings. The molecule has 0 aromatic heterocycles. The molecule has 0 spiro atoms. The van der Waals surface area contributed by atoms with Gasteiger partial charge in [0, 0.05) is 6.54 Å². The van der Waals surface area contributed by atoms with Crippen LogP contribution >= 0.6 is 12.4 Å². The molecule has 0 aliphatic heterocycles. The molecule has 1 rings (SSSR count). The number of carboxylic acids is 1. The molecule has 0 unspecified atom stereocenters. The van der Waals surface area contributed by atoms with Crippen molar-refractivity contribution in [1.29, 1.82) is 0 Å². The molecule has 0 bridgehead atoms. The van der Waals surface area contributed by atoms with E-state index in [9.17, 15) is 4.79 Å². The summed E-state index contributed by atoms with van der Waals surface area (Å²) in [7, 11) is 0. The summed E-state index contributed by atoms with van der Waals surface area (Å²) in [6, 6.07) is 10.4. The molecule has 4 heteroatoms. The van der Waals surface area contributed by atoms with Gasteiger partial charge in [-0.2, -0.15) is 0 Å². The highest BCUT2D eigenvalue weighted by molar-refractivity contribution is 5.85. The highest BCUT2D eigenvalue weighted by atomic mass is 35.5. The number of halogens is 1. The average molecular weight is 258 g/mol. The molecule has 0 saturated heterocycles. The van der Waals surface area contributed by atoms with E-state index in [-0.39, 0.29) is 18.8 Å². The molecule has 1 aromatic rings. The van der Waals surface area contributed by atoms with Crippen molar-refractivity contribution < 1.29 is 9.90 Å². The minimum absolute atomic E-state index is 0. The Morgan fingerprint density at radius 1 is 1.12 bits per heavy atom. The zero-order chi connectivity index (χ0) is 11.6. The predicted molar refractivity (Wildman–Crippen MR) is 71.8 cm³/mol. The fourth-order valence-corrected chi connectivity index (χ4v) is 1.54. The Morgan fingerprint density at radius 3 is 2.47 bits per heavy atom. The SMILES string of the molecule is Cl.O=C(O)CCNCCCCc1ccccc1. The van der Waals surface area contributed by atoms with Crippen LogP contribution in [-0.2, 0) is 11.2 Å². The third-order valence-corrected chi connectivity index (χ3v) is 2.43. The van der Waals surface area contributed by atoms with E-state index in [1.165, 1.54) is 5.56 Å². The summed E-state index contributed by atoms with van der Waals surface area (Å²) in [6.07, 6.45) is 3.54. The quantitative estimate of drug-likeness (QED) is 0.704. The van der Waals surface area contributed by atoms with Gasteiger partial charge in [0.2, 0.25) is 0 Å². The summed E-state index contributed by atoms with van der Waals surface area (Å²) in [6.45, 7) is 1.47. The first-order chi connectivity index (χ1) is 7.79. The van der Waals surface area contributed by atoms with Gasteiger partial charge in [-0.25, -0.2) is 0 Å². The van der Waals surface area contributed by atoms with E-state index in [4.69, 9.17) is 5.11 Å². The van der Waals surface area contributed by atoms with E-state index in [2.05, 4.69) is 29.6 Å². The molecular weight excluding hydrogens is 238 g/mol. The fraction of sp³-hybridized carbons (Fsp3) is 0.462. The normalized spacial score (nSPS) is 9.65. The first kappa shape index (κ1) is 15.9. The summed E-state index contributed by atoms with van der Waals surface area (Å²) in [5.74, 6) is -0.739. The lowest BCUT2D eigenvalue weighted by Crippen LogP contribution is -2.19. The first-order valence-corrected chi connectivity index (χ1v) is 5.75. The number of hydrogen-bond donors (Lipinski definition) is 2. The summed E-state index contributed by atoms with van der Waals surface area (Å²) in [5.41, 5.74) is 1.37. The summed E-state index contributed by atoms with van der Waals surface area (Å²) in [5, 5.41) is 11.5. The van der Waals surface area contributed by atoms with Gasteiger partial charge in [-0.15, -0.1) is 12.4 Å². The van der Waals surface area contributed by atoms with Crippen molar-refractivity contribution in [1.82, 2.24) is 5.32 Å². The second-order valence-electron chi connectivity index (χ2n) is 3.84. The summed E-state index contributed by atoms with van der Waals surface area (Å²) < 4.78 is 0. The van der Waals surface area contributed by atoms with Gasteiger partial charge in [0.05, 0.1) is 6.42 Å². The maximum atomic E-state index is 10.2. The third kappa shape index (κ3) is 8.72. The van der Waals surface area contributed by atoms with Crippen molar-refractivity contribution >= 4 is 18.4 Å². The van der Waals surface area contributed by atoms with Crippen molar-refractivity contribution in [2.75, 3.05) is 13.1 Å². The van der Waals surface area contributed by atoms with Gasteiger partial charge in [-0.3, -0.25) is 4.79 Å². The molecular formula is C13H20ClNO2. The molecule has 0 fully saturated rings. The first-order valence-electron chi connectivity index (χ1n) is 5.75. The Balaban J connectivity index is 0.00000256. The Morgan fingerprint density at radius 2 is 1.82 bits per heavy atom. The smallest absolute Gasteiger partial charge is 0.304 e. The van der Waals surface area contributed by atoms with Crippen LogP contribution in [0.4, 0.5) is 0 Å². The van der Waals surface area contributed by atoms with Crippen LogP contribution in [0.15, 0.2) is 30.3 Å². The standard InChI is InChI=1S/C13H19NO2.ClH/c15-13(16)9-11-14-10-5-4-8-12-6-2-1-3-7-12;/h1-3,6-7,14H,4-5,8-11H2,(H,15,16);1H. The molecule has 3 nitrogen and oxygen atoms in total. The van der Waals surface area contributed by atoms with Gasteiger partial charge in [0.25, 0.3) is 0 Å². The number of benzene rings is 1. The van der Waals surface area contributed by atoms with Crippen LogP contribution in [0.1, 0.15) is 24.8 Å². The predicted octanol–water partition coefficient (Wildman–Crippen LogP) is 2.50. The van der Waals surface area contributed by atoms with E-state index in [1.807, 2.05) is 6.07 Å². The van der Waals surface area contributed by atoms with Gasteiger partial charge in [-0.05, 0) is 31.4 Å². The highest BCUT2D eigenvalue weighted by Gasteiger charge is 1.95. The van der Waals surface area contributed by atoms with Gasteiger partial charge in [-0.1, -0.05) is 30.3 Å². The van der Waals surface area contributed by atoms with E-state index < -0.39 is 5.97 Å². The molecule has 2 N–H and O–H groups in total. The van der Waals surface area contributed by atoms with Gasteiger partial charge in [0.15, 0.2) is 0 Å². The number of carbonyl (C=O) groups is 1. The second kappa shape index (κ2) is 10.1. The molecule has 17 heavy (non-hydrogen) atoms. The average Bonchev–Trinajstić information content (AvgIpc) is 2.29.